The Kier molecular flexibility index (Phi) is 4.25. The van der Waals surface area contributed by atoms with E-state index >= 15 is 0 Å². The van der Waals surface area contributed by atoms with Crippen LogP contribution in [0.5, 0.6) is 0 Å². The van der Waals surface area contributed by atoms with Crippen LogP contribution in [0.3, 0.4) is 0 Å². The molecule has 2 aliphatic heterocycles. The van der Waals surface area contributed by atoms with E-state index in [1.807, 2.05) is 24.3 Å². The quantitative estimate of drug-likeness (QED) is 0.493. The third-order valence-corrected chi connectivity index (χ3v) is 7.30. The molecule has 0 atom stereocenters. The average Bonchev–Trinajstić information content (AvgIpc) is 3.34. The van der Waals surface area contributed by atoms with Gasteiger partial charge in [0.05, 0.1) is 47.0 Å². The molecule has 0 saturated carbocycles. The molecule has 160 valence electrons. The highest BCUT2D eigenvalue weighted by Crippen LogP contribution is 2.46. The molecule has 0 unspecified atom stereocenters. The van der Waals surface area contributed by atoms with Gasteiger partial charge in [0.2, 0.25) is 0 Å². The Morgan fingerprint density at radius 3 is 2.74 bits per heavy atom. The Morgan fingerprint density at radius 2 is 1.94 bits per heavy atom. The zero-order valence-electron chi connectivity index (χ0n) is 17.7. The molecule has 2 aliphatic rings. The molecule has 8 heteroatoms. The summed E-state index contributed by atoms with van der Waals surface area (Å²) in [5.74, 6) is 1.81. The lowest BCUT2D eigenvalue weighted by molar-refractivity contribution is -0.0396. The molecule has 6 rings (SSSR count). The first-order valence-electron chi connectivity index (χ1n) is 10.7. The Hall–Kier alpha value is -2.68. The summed E-state index contributed by atoms with van der Waals surface area (Å²) in [5.41, 5.74) is 11.7. The second kappa shape index (κ2) is 6.91. The maximum Gasteiger partial charge on any atom is 0.150 e. The highest BCUT2D eigenvalue weighted by Gasteiger charge is 2.33. The number of ether oxygens (including phenoxy) is 2. The number of aromatic amines is 1. The summed E-state index contributed by atoms with van der Waals surface area (Å²) in [6.45, 7) is 7.94. The molecule has 3 N–H and O–H groups in total. The second-order valence-corrected chi connectivity index (χ2v) is 9.84. The van der Waals surface area contributed by atoms with Gasteiger partial charge in [-0.1, -0.05) is 12.1 Å². The van der Waals surface area contributed by atoms with Crippen molar-refractivity contribution in [2.45, 2.75) is 32.5 Å². The summed E-state index contributed by atoms with van der Waals surface area (Å²) in [5, 5.41) is 1.06. The topological polar surface area (TPSA) is 89.3 Å². The van der Waals surface area contributed by atoms with Crippen LogP contribution in [0.1, 0.15) is 25.0 Å². The summed E-state index contributed by atoms with van der Waals surface area (Å²) in [6.07, 6.45) is 0.805. The fourth-order valence-electron chi connectivity index (χ4n) is 4.62. The first kappa shape index (κ1) is 19.0. The van der Waals surface area contributed by atoms with Gasteiger partial charge in [-0.05, 0) is 31.5 Å². The van der Waals surface area contributed by atoms with Crippen LogP contribution in [-0.4, -0.2) is 46.9 Å². The van der Waals surface area contributed by atoms with Crippen LogP contribution < -0.4 is 10.6 Å². The van der Waals surface area contributed by atoms with E-state index in [0.29, 0.717) is 6.61 Å². The van der Waals surface area contributed by atoms with Crippen LogP contribution in [0.4, 0.5) is 11.5 Å². The number of thiophene rings is 1. The van der Waals surface area contributed by atoms with Gasteiger partial charge in [0.1, 0.15) is 10.6 Å². The SMILES string of the molecule is CC1(C)Cc2c(c(N3CCOCC3)nc3sc(-c4nc5ccccc5[nH]4)c(N)c23)CO1. The van der Waals surface area contributed by atoms with E-state index in [4.69, 9.17) is 25.2 Å². The Bertz CT molecular complexity index is 1270. The third kappa shape index (κ3) is 3.09. The van der Waals surface area contributed by atoms with E-state index in [2.05, 4.69) is 23.7 Å². The second-order valence-electron chi connectivity index (χ2n) is 8.84. The number of aromatic nitrogens is 3. The maximum absolute atomic E-state index is 6.77. The average molecular weight is 436 g/mol. The van der Waals surface area contributed by atoms with E-state index < -0.39 is 0 Å². The van der Waals surface area contributed by atoms with Gasteiger partial charge in [0, 0.05) is 30.5 Å². The molecule has 0 spiro atoms. The largest absolute Gasteiger partial charge is 0.397 e. The van der Waals surface area contributed by atoms with Crippen molar-refractivity contribution >= 4 is 44.1 Å². The fourth-order valence-corrected chi connectivity index (χ4v) is 5.68. The number of hydrogen-bond donors (Lipinski definition) is 2. The number of morpholine rings is 1. The molecule has 0 radical (unpaired) electrons. The standard InChI is InChI=1S/C23H25N5O2S/c1-23(2)11-13-14(12-30-23)21(28-7-9-29-10-8-28)27-22-17(13)18(24)19(31-22)20-25-15-5-3-4-6-16(15)26-20/h3-6H,7-12,24H2,1-2H3,(H,25,26). The molecule has 5 heterocycles. The summed E-state index contributed by atoms with van der Waals surface area (Å²) in [4.78, 5) is 17.6. The smallest absolute Gasteiger partial charge is 0.150 e. The molecular weight excluding hydrogens is 410 g/mol. The van der Waals surface area contributed by atoms with Crippen LogP contribution in [-0.2, 0) is 22.5 Å². The number of imidazole rings is 1. The first-order chi connectivity index (χ1) is 15.0. The number of fused-ring (bicyclic) bond motifs is 4. The molecule has 31 heavy (non-hydrogen) atoms. The number of rotatable bonds is 2. The Labute approximate surface area is 184 Å². The number of benzene rings is 1. The zero-order chi connectivity index (χ0) is 21.2. The third-order valence-electron chi connectivity index (χ3n) is 6.19. The van der Waals surface area contributed by atoms with Gasteiger partial charge in [-0.25, -0.2) is 9.97 Å². The predicted molar refractivity (Wildman–Crippen MR) is 125 cm³/mol. The van der Waals surface area contributed by atoms with Gasteiger partial charge < -0.3 is 25.1 Å². The van der Waals surface area contributed by atoms with E-state index in [1.54, 1.807) is 11.3 Å². The minimum absolute atomic E-state index is 0.239. The molecule has 0 amide bonds. The molecule has 0 aliphatic carbocycles. The number of H-pyrrole nitrogens is 1. The highest BCUT2D eigenvalue weighted by molar-refractivity contribution is 7.22. The normalized spacial score (nSPS) is 18.6. The monoisotopic (exact) mass is 435 g/mol. The summed E-state index contributed by atoms with van der Waals surface area (Å²) < 4.78 is 11.8. The van der Waals surface area contributed by atoms with Crippen molar-refractivity contribution in [3.05, 3.63) is 35.4 Å². The summed E-state index contributed by atoms with van der Waals surface area (Å²) >= 11 is 1.61. The highest BCUT2D eigenvalue weighted by atomic mass is 32.1. The van der Waals surface area contributed by atoms with Gasteiger partial charge in [-0.3, -0.25) is 0 Å². The minimum atomic E-state index is -0.239. The molecule has 7 nitrogen and oxygen atoms in total. The van der Waals surface area contributed by atoms with Gasteiger partial charge in [-0.2, -0.15) is 0 Å². The van der Waals surface area contributed by atoms with Crippen molar-refractivity contribution in [2.75, 3.05) is 36.9 Å². The first-order valence-corrected chi connectivity index (χ1v) is 11.5. The van der Waals surface area contributed by atoms with E-state index in [9.17, 15) is 0 Å². The zero-order valence-corrected chi connectivity index (χ0v) is 18.5. The van der Waals surface area contributed by atoms with Crippen LogP contribution >= 0.6 is 11.3 Å². The van der Waals surface area contributed by atoms with Crippen LogP contribution in [0.15, 0.2) is 24.3 Å². The molecule has 3 aromatic heterocycles. The van der Waals surface area contributed by atoms with Crippen LogP contribution in [0, 0.1) is 0 Å². The Morgan fingerprint density at radius 1 is 1.13 bits per heavy atom. The number of nitrogen functional groups attached to an aromatic ring is 1. The van der Waals surface area contributed by atoms with Crippen molar-refractivity contribution < 1.29 is 9.47 Å². The van der Waals surface area contributed by atoms with Gasteiger partial charge in [0.15, 0.2) is 5.82 Å². The number of para-hydroxylation sites is 2. The number of nitrogens with one attached hydrogen (secondary N) is 1. The lowest BCUT2D eigenvalue weighted by Gasteiger charge is -2.36. The van der Waals surface area contributed by atoms with Gasteiger partial charge in [-0.15, -0.1) is 11.3 Å². The minimum Gasteiger partial charge on any atom is -0.397 e. The van der Waals surface area contributed by atoms with Crippen molar-refractivity contribution in [2.24, 2.45) is 0 Å². The van der Waals surface area contributed by atoms with E-state index in [-0.39, 0.29) is 5.60 Å². The number of nitrogens with zero attached hydrogens (tertiary/aromatic N) is 3. The number of hydrogen-bond acceptors (Lipinski definition) is 7. The summed E-state index contributed by atoms with van der Waals surface area (Å²) in [6, 6.07) is 8.05. The Balaban J connectivity index is 1.58. The molecule has 1 aromatic carbocycles. The lowest BCUT2D eigenvalue weighted by atomic mass is 9.89. The molecular formula is C23H25N5O2S. The van der Waals surface area contributed by atoms with Gasteiger partial charge in [0.25, 0.3) is 0 Å². The van der Waals surface area contributed by atoms with Crippen molar-refractivity contribution in [1.82, 2.24) is 15.0 Å². The van der Waals surface area contributed by atoms with Crippen LogP contribution in [0.2, 0.25) is 0 Å². The van der Waals surface area contributed by atoms with Crippen molar-refractivity contribution in [3.8, 4) is 10.7 Å². The number of nitrogens with two attached hydrogens (primary N) is 1. The van der Waals surface area contributed by atoms with E-state index in [0.717, 1.165) is 81.7 Å². The molecule has 4 aromatic rings. The van der Waals surface area contributed by atoms with E-state index in [1.165, 1.54) is 5.56 Å². The number of anilines is 2. The van der Waals surface area contributed by atoms with Crippen LogP contribution in [0.25, 0.3) is 32.0 Å². The maximum atomic E-state index is 6.77. The predicted octanol–water partition coefficient (Wildman–Crippen LogP) is 4.11. The van der Waals surface area contributed by atoms with Crippen molar-refractivity contribution in [3.63, 3.8) is 0 Å². The summed E-state index contributed by atoms with van der Waals surface area (Å²) in [7, 11) is 0. The molecule has 0 bridgehead atoms. The van der Waals surface area contributed by atoms with Crippen molar-refractivity contribution in [1.29, 1.82) is 0 Å². The van der Waals surface area contributed by atoms with Gasteiger partial charge >= 0.3 is 0 Å². The molecule has 1 fully saturated rings. The lowest BCUT2D eigenvalue weighted by Crippen LogP contribution is -2.39. The molecule has 1 saturated heterocycles. The fraction of sp³-hybridized carbons (Fsp3) is 0.391. The number of pyridine rings is 1.